The Balaban J connectivity index is 2.30. The molecular weight excluding hydrogens is 260 g/mol. The number of para-hydroxylation sites is 1. The van der Waals surface area contributed by atoms with Crippen LogP contribution in [0.2, 0.25) is 0 Å². The predicted octanol–water partition coefficient (Wildman–Crippen LogP) is 3.21. The number of hydrogen-bond donors (Lipinski definition) is 2. The number of rotatable bonds is 4. The molecule has 0 unspecified atom stereocenters. The Morgan fingerprint density at radius 1 is 1.45 bits per heavy atom. The van der Waals surface area contributed by atoms with Crippen molar-refractivity contribution in [2.75, 3.05) is 5.32 Å². The first-order valence-corrected chi connectivity index (χ1v) is 6.78. The van der Waals surface area contributed by atoms with Gasteiger partial charge in [-0.15, -0.1) is 0 Å². The lowest BCUT2D eigenvalue weighted by Crippen LogP contribution is -2.33. The zero-order valence-corrected chi connectivity index (χ0v) is 11.4. The Morgan fingerprint density at radius 2 is 2.10 bits per heavy atom. The van der Waals surface area contributed by atoms with Gasteiger partial charge in [0.15, 0.2) is 5.69 Å². The van der Waals surface area contributed by atoms with Gasteiger partial charge in [0.05, 0.1) is 4.92 Å². The number of carbonyl (C=O) groups excluding carboxylic acids is 1. The largest absolute Gasteiger partial charge is 0.505 e. The van der Waals surface area contributed by atoms with Crippen LogP contribution in [0.1, 0.15) is 39.0 Å². The number of nitro groups is 1. The fraction of sp³-hybridized carbons (Fsp3) is 0.500. The highest BCUT2D eigenvalue weighted by atomic mass is 16.6. The lowest BCUT2D eigenvalue weighted by molar-refractivity contribution is -0.384. The Bertz CT molecular complexity index is 536. The van der Waals surface area contributed by atoms with Gasteiger partial charge in [0.2, 0.25) is 5.91 Å². The third-order valence-electron chi connectivity index (χ3n) is 4.17. The lowest BCUT2D eigenvalue weighted by atomic mass is 9.82. The van der Waals surface area contributed by atoms with Crippen molar-refractivity contribution in [2.24, 2.45) is 5.41 Å². The molecule has 1 aromatic rings. The van der Waals surface area contributed by atoms with E-state index < -0.39 is 10.3 Å². The molecule has 0 bridgehead atoms. The third kappa shape index (κ3) is 2.45. The van der Waals surface area contributed by atoms with Gasteiger partial charge in [0, 0.05) is 11.5 Å². The van der Waals surface area contributed by atoms with E-state index in [-0.39, 0.29) is 23.0 Å². The summed E-state index contributed by atoms with van der Waals surface area (Å²) in [6.07, 6.45) is 4.25. The van der Waals surface area contributed by atoms with Gasteiger partial charge in [-0.1, -0.05) is 25.8 Å². The standard InChI is InChI=1S/C14H18N2O4/c1-2-14(8-3-4-9-14)13(18)15-12-10(16(19)20)6-5-7-11(12)17/h5-7,17H,2-4,8-9H2,1H3,(H,15,18). The van der Waals surface area contributed by atoms with Gasteiger partial charge < -0.3 is 10.4 Å². The van der Waals surface area contributed by atoms with Crippen LogP contribution in [-0.4, -0.2) is 15.9 Å². The topological polar surface area (TPSA) is 92.5 Å². The number of carbonyl (C=O) groups is 1. The molecule has 0 aromatic heterocycles. The van der Waals surface area contributed by atoms with Gasteiger partial charge in [-0.3, -0.25) is 14.9 Å². The van der Waals surface area contributed by atoms with Crippen LogP contribution in [0.25, 0.3) is 0 Å². The van der Waals surface area contributed by atoms with Gasteiger partial charge in [-0.2, -0.15) is 0 Å². The van der Waals surface area contributed by atoms with E-state index in [0.29, 0.717) is 6.42 Å². The first kappa shape index (κ1) is 14.3. The van der Waals surface area contributed by atoms with Crippen molar-refractivity contribution in [1.82, 2.24) is 0 Å². The van der Waals surface area contributed by atoms with Crippen LogP contribution in [0.5, 0.6) is 5.75 Å². The molecule has 0 heterocycles. The molecule has 20 heavy (non-hydrogen) atoms. The second-order valence-electron chi connectivity index (χ2n) is 5.22. The van der Waals surface area contributed by atoms with E-state index in [1.54, 1.807) is 0 Å². The minimum atomic E-state index is -0.609. The van der Waals surface area contributed by atoms with Crippen molar-refractivity contribution in [3.05, 3.63) is 28.3 Å². The zero-order chi connectivity index (χ0) is 14.8. The molecular formula is C14H18N2O4. The molecule has 2 N–H and O–H groups in total. The number of nitrogens with zero attached hydrogens (tertiary/aromatic N) is 1. The van der Waals surface area contributed by atoms with Crippen LogP contribution in [-0.2, 0) is 4.79 Å². The molecule has 108 valence electrons. The molecule has 1 fully saturated rings. The first-order chi connectivity index (χ1) is 9.50. The van der Waals surface area contributed by atoms with Gasteiger partial charge >= 0.3 is 0 Å². The van der Waals surface area contributed by atoms with Crippen LogP contribution in [0.15, 0.2) is 18.2 Å². The normalized spacial score (nSPS) is 16.9. The quantitative estimate of drug-likeness (QED) is 0.502. The molecule has 0 spiro atoms. The molecule has 6 heteroatoms. The number of amides is 1. The summed E-state index contributed by atoms with van der Waals surface area (Å²) in [7, 11) is 0. The SMILES string of the molecule is CCC1(C(=O)Nc2c(O)cccc2[N+](=O)[O-])CCCC1. The molecule has 0 radical (unpaired) electrons. The Labute approximate surface area is 117 Å². The number of nitrogens with one attached hydrogen (secondary N) is 1. The van der Waals surface area contributed by atoms with E-state index in [4.69, 9.17) is 0 Å². The summed E-state index contributed by atoms with van der Waals surface area (Å²) in [5, 5.41) is 23.3. The van der Waals surface area contributed by atoms with Crippen molar-refractivity contribution in [3.8, 4) is 5.75 Å². The Kier molecular flexibility index (Phi) is 3.92. The van der Waals surface area contributed by atoms with E-state index in [0.717, 1.165) is 25.7 Å². The molecule has 2 rings (SSSR count). The maximum absolute atomic E-state index is 12.4. The minimum absolute atomic E-state index is 0.109. The summed E-state index contributed by atoms with van der Waals surface area (Å²) in [6.45, 7) is 1.95. The summed E-state index contributed by atoms with van der Waals surface area (Å²) in [4.78, 5) is 22.8. The molecule has 1 saturated carbocycles. The van der Waals surface area contributed by atoms with Crippen molar-refractivity contribution < 1.29 is 14.8 Å². The summed E-state index contributed by atoms with van der Waals surface area (Å²) in [5.41, 5.74) is -0.860. The molecule has 0 saturated heterocycles. The lowest BCUT2D eigenvalue weighted by Gasteiger charge is -2.26. The summed E-state index contributed by atoms with van der Waals surface area (Å²) < 4.78 is 0. The van der Waals surface area contributed by atoms with Gasteiger partial charge in [0.1, 0.15) is 5.75 Å². The first-order valence-electron chi connectivity index (χ1n) is 6.78. The van der Waals surface area contributed by atoms with Crippen LogP contribution >= 0.6 is 0 Å². The van der Waals surface area contributed by atoms with Crippen molar-refractivity contribution in [1.29, 1.82) is 0 Å². The highest BCUT2D eigenvalue weighted by molar-refractivity contribution is 5.98. The molecule has 0 atom stereocenters. The Hall–Kier alpha value is -2.11. The molecule has 1 aliphatic carbocycles. The zero-order valence-electron chi connectivity index (χ0n) is 11.4. The van der Waals surface area contributed by atoms with Crippen LogP contribution in [0.4, 0.5) is 11.4 Å². The fourth-order valence-corrected chi connectivity index (χ4v) is 2.85. The maximum Gasteiger partial charge on any atom is 0.296 e. The van der Waals surface area contributed by atoms with Crippen molar-refractivity contribution >= 4 is 17.3 Å². The average Bonchev–Trinajstić information content (AvgIpc) is 2.90. The van der Waals surface area contributed by atoms with Crippen LogP contribution in [0.3, 0.4) is 0 Å². The molecule has 6 nitrogen and oxygen atoms in total. The maximum atomic E-state index is 12.4. The van der Waals surface area contributed by atoms with E-state index in [1.807, 2.05) is 6.92 Å². The fourth-order valence-electron chi connectivity index (χ4n) is 2.85. The van der Waals surface area contributed by atoms with Crippen molar-refractivity contribution in [3.63, 3.8) is 0 Å². The molecule has 0 aliphatic heterocycles. The highest BCUT2D eigenvalue weighted by Gasteiger charge is 2.40. The smallest absolute Gasteiger partial charge is 0.296 e. The number of benzene rings is 1. The van der Waals surface area contributed by atoms with Gasteiger partial charge in [-0.05, 0) is 25.3 Å². The van der Waals surface area contributed by atoms with Crippen molar-refractivity contribution in [2.45, 2.75) is 39.0 Å². The summed E-state index contributed by atoms with van der Waals surface area (Å²) in [5.74, 6) is -0.515. The number of phenols is 1. The number of aromatic hydroxyl groups is 1. The van der Waals surface area contributed by atoms with Crippen LogP contribution in [0, 0.1) is 15.5 Å². The van der Waals surface area contributed by atoms with E-state index >= 15 is 0 Å². The average molecular weight is 278 g/mol. The van der Waals surface area contributed by atoms with E-state index in [1.165, 1.54) is 18.2 Å². The minimum Gasteiger partial charge on any atom is -0.505 e. The second-order valence-corrected chi connectivity index (χ2v) is 5.22. The van der Waals surface area contributed by atoms with Gasteiger partial charge in [0.25, 0.3) is 5.69 Å². The van der Waals surface area contributed by atoms with Gasteiger partial charge in [-0.25, -0.2) is 0 Å². The summed E-state index contributed by atoms with van der Waals surface area (Å²) in [6, 6.07) is 3.98. The molecule has 1 aromatic carbocycles. The predicted molar refractivity (Wildman–Crippen MR) is 74.6 cm³/mol. The number of nitro benzene ring substituents is 1. The number of hydrogen-bond acceptors (Lipinski definition) is 4. The number of phenolic OH excluding ortho intramolecular Hbond substituents is 1. The highest BCUT2D eigenvalue weighted by Crippen LogP contribution is 2.43. The second kappa shape index (κ2) is 5.48. The molecule has 1 aliphatic rings. The monoisotopic (exact) mass is 278 g/mol. The third-order valence-corrected chi connectivity index (χ3v) is 4.17. The Morgan fingerprint density at radius 3 is 2.65 bits per heavy atom. The number of anilines is 1. The van der Waals surface area contributed by atoms with Crippen LogP contribution < -0.4 is 5.32 Å². The molecule has 1 amide bonds. The van der Waals surface area contributed by atoms with E-state index in [9.17, 15) is 20.0 Å². The summed E-state index contributed by atoms with van der Waals surface area (Å²) >= 11 is 0. The van der Waals surface area contributed by atoms with E-state index in [2.05, 4.69) is 5.32 Å².